The second-order valence-corrected chi connectivity index (χ2v) is 5.23. The number of carbonyl (C=O) groups excluding carboxylic acids is 2. The normalized spacial score (nSPS) is 10.1. The third-order valence-electron chi connectivity index (χ3n) is 3.05. The fraction of sp³-hybridized carbons (Fsp3) is 0.250. The van der Waals surface area contributed by atoms with E-state index in [0.717, 1.165) is 12.0 Å². The van der Waals surface area contributed by atoms with E-state index < -0.39 is 0 Å². The Morgan fingerprint density at radius 3 is 2.35 bits per heavy atom. The largest absolute Gasteiger partial charge is 0.459 e. The summed E-state index contributed by atoms with van der Waals surface area (Å²) in [5.74, 6) is -0.0580. The fourth-order valence-electron chi connectivity index (χ4n) is 1.88. The maximum absolute atomic E-state index is 11.6. The van der Waals surface area contributed by atoms with Crippen molar-refractivity contribution in [3.63, 3.8) is 0 Å². The molecular formula is C16H18ClN3O3. The third kappa shape index (κ3) is 6.04. The summed E-state index contributed by atoms with van der Waals surface area (Å²) in [6.07, 6.45) is 2.15. The van der Waals surface area contributed by atoms with Crippen LogP contribution in [-0.2, 0) is 6.42 Å². The minimum Gasteiger partial charge on any atom is -0.459 e. The molecule has 1 aromatic heterocycles. The van der Waals surface area contributed by atoms with Gasteiger partial charge in [0.05, 0.1) is 6.26 Å². The van der Waals surface area contributed by atoms with Crippen LogP contribution in [0, 0.1) is 0 Å². The molecule has 2 rings (SSSR count). The second-order valence-electron chi connectivity index (χ2n) is 4.79. The van der Waals surface area contributed by atoms with Gasteiger partial charge < -0.3 is 20.4 Å². The lowest BCUT2D eigenvalue weighted by atomic mass is 10.1. The Morgan fingerprint density at radius 1 is 0.957 bits per heavy atom. The topological polar surface area (TPSA) is 83.4 Å². The van der Waals surface area contributed by atoms with Gasteiger partial charge in [-0.25, -0.2) is 4.79 Å². The molecule has 3 N–H and O–H groups in total. The first kappa shape index (κ1) is 16.9. The Labute approximate surface area is 139 Å². The highest BCUT2D eigenvalue weighted by atomic mass is 35.5. The minimum atomic E-state index is -0.306. The number of hydrogen-bond donors (Lipinski definition) is 3. The highest BCUT2D eigenvalue weighted by Gasteiger charge is 2.07. The van der Waals surface area contributed by atoms with Gasteiger partial charge in [-0.3, -0.25) is 4.79 Å². The molecule has 0 saturated carbocycles. The molecule has 122 valence electrons. The molecule has 0 fully saturated rings. The molecule has 2 aromatic rings. The van der Waals surface area contributed by atoms with Gasteiger partial charge in [0.25, 0.3) is 5.91 Å². The molecule has 0 unspecified atom stereocenters. The molecular weight excluding hydrogens is 318 g/mol. The minimum absolute atomic E-state index is 0.248. The molecule has 0 spiro atoms. The standard InChI is InChI=1S/C16H18ClN3O3/c17-13-5-3-12(4-6-13)7-8-19-16(22)20-10-9-18-15(21)14-2-1-11-23-14/h1-6,11H,7-10H2,(H,18,21)(H2,19,20,22). The van der Waals surface area contributed by atoms with E-state index in [-0.39, 0.29) is 17.7 Å². The first-order valence-electron chi connectivity index (χ1n) is 7.23. The number of amides is 3. The highest BCUT2D eigenvalue weighted by Crippen LogP contribution is 2.09. The summed E-state index contributed by atoms with van der Waals surface area (Å²) < 4.78 is 4.96. The lowest BCUT2D eigenvalue weighted by Gasteiger charge is -2.08. The Kier molecular flexibility index (Phi) is 6.50. The van der Waals surface area contributed by atoms with Crippen LogP contribution in [0.15, 0.2) is 47.1 Å². The van der Waals surface area contributed by atoms with Crippen LogP contribution < -0.4 is 16.0 Å². The monoisotopic (exact) mass is 335 g/mol. The van der Waals surface area contributed by atoms with Crippen molar-refractivity contribution in [2.45, 2.75) is 6.42 Å². The van der Waals surface area contributed by atoms with Gasteiger partial charge in [-0.1, -0.05) is 23.7 Å². The fourth-order valence-corrected chi connectivity index (χ4v) is 2.01. The number of rotatable bonds is 7. The second kappa shape index (κ2) is 8.85. The average molecular weight is 336 g/mol. The van der Waals surface area contributed by atoms with Crippen LogP contribution >= 0.6 is 11.6 Å². The molecule has 3 amide bonds. The zero-order chi connectivity index (χ0) is 16.5. The Bertz CT molecular complexity index is 627. The quantitative estimate of drug-likeness (QED) is 0.678. The van der Waals surface area contributed by atoms with E-state index in [4.69, 9.17) is 16.0 Å². The molecule has 6 nitrogen and oxygen atoms in total. The van der Waals surface area contributed by atoms with E-state index in [9.17, 15) is 9.59 Å². The van der Waals surface area contributed by atoms with Crippen molar-refractivity contribution in [1.82, 2.24) is 16.0 Å². The summed E-state index contributed by atoms with van der Waals surface area (Å²) in [7, 11) is 0. The molecule has 0 saturated heterocycles. The molecule has 0 atom stereocenters. The molecule has 0 aliphatic heterocycles. The number of hydrogen-bond acceptors (Lipinski definition) is 3. The van der Waals surface area contributed by atoms with Gasteiger partial charge >= 0.3 is 6.03 Å². The number of benzene rings is 1. The highest BCUT2D eigenvalue weighted by molar-refractivity contribution is 6.30. The van der Waals surface area contributed by atoms with Crippen molar-refractivity contribution in [3.8, 4) is 0 Å². The van der Waals surface area contributed by atoms with E-state index in [1.807, 2.05) is 24.3 Å². The number of furan rings is 1. The average Bonchev–Trinajstić information content (AvgIpc) is 3.08. The smallest absolute Gasteiger partial charge is 0.314 e. The number of halogens is 1. The van der Waals surface area contributed by atoms with Crippen LogP contribution in [0.25, 0.3) is 0 Å². The molecule has 0 bridgehead atoms. The number of carbonyl (C=O) groups is 2. The predicted molar refractivity (Wildman–Crippen MR) is 87.6 cm³/mol. The van der Waals surface area contributed by atoms with E-state index in [2.05, 4.69) is 16.0 Å². The lowest BCUT2D eigenvalue weighted by Crippen LogP contribution is -2.40. The SMILES string of the molecule is O=C(NCCNC(=O)c1ccco1)NCCc1ccc(Cl)cc1. The first-order chi connectivity index (χ1) is 11.1. The summed E-state index contributed by atoms with van der Waals surface area (Å²) >= 11 is 5.81. The molecule has 7 heteroatoms. The molecule has 1 aromatic carbocycles. The zero-order valence-electron chi connectivity index (χ0n) is 12.5. The molecule has 0 radical (unpaired) electrons. The van der Waals surface area contributed by atoms with E-state index in [0.29, 0.717) is 24.7 Å². The first-order valence-corrected chi connectivity index (χ1v) is 7.61. The van der Waals surface area contributed by atoms with E-state index in [1.165, 1.54) is 6.26 Å². The van der Waals surface area contributed by atoms with Gasteiger partial charge in [-0.05, 0) is 36.2 Å². The van der Waals surface area contributed by atoms with Crippen molar-refractivity contribution in [1.29, 1.82) is 0 Å². The van der Waals surface area contributed by atoms with Crippen LogP contribution in [0.5, 0.6) is 0 Å². The van der Waals surface area contributed by atoms with E-state index >= 15 is 0 Å². The van der Waals surface area contributed by atoms with Gasteiger partial charge in [-0.15, -0.1) is 0 Å². The summed E-state index contributed by atoms with van der Waals surface area (Å²) in [6.45, 7) is 1.18. The molecule has 0 aliphatic carbocycles. The van der Waals surface area contributed by atoms with Crippen molar-refractivity contribution in [3.05, 3.63) is 59.0 Å². The van der Waals surface area contributed by atoms with Crippen LogP contribution in [0.3, 0.4) is 0 Å². The zero-order valence-corrected chi connectivity index (χ0v) is 13.2. The van der Waals surface area contributed by atoms with Crippen molar-refractivity contribution < 1.29 is 14.0 Å². The van der Waals surface area contributed by atoms with E-state index in [1.54, 1.807) is 12.1 Å². The summed E-state index contributed by atoms with van der Waals surface area (Å²) in [5.41, 5.74) is 1.10. The van der Waals surface area contributed by atoms with Crippen LogP contribution in [0.4, 0.5) is 4.79 Å². The summed E-state index contributed by atoms with van der Waals surface area (Å²) in [6, 6.07) is 10.4. The van der Waals surface area contributed by atoms with Crippen molar-refractivity contribution >= 4 is 23.5 Å². The van der Waals surface area contributed by atoms with Gasteiger partial charge in [0.2, 0.25) is 0 Å². The molecule has 0 aliphatic rings. The maximum Gasteiger partial charge on any atom is 0.314 e. The summed E-state index contributed by atoms with van der Waals surface area (Å²) in [5, 5.41) is 8.74. The van der Waals surface area contributed by atoms with Gasteiger partial charge in [0.15, 0.2) is 5.76 Å². The Morgan fingerprint density at radius 2 is 1.65 bits per heavy atom. The van der Waals surface area contributed by atoms with Crippen LogP contribution in [-0.4, -0.2) is 31.6 Å². The molecule has 1 heterocycles. The van der Waals surface area contributed by atoms with Gasteiger partial charge in [0.1, 0.15) is 0 Å². The van der Waals surface area contributed by atoms with Crippen LogP contribution in [0.1, 0.15) is 16.1 Å². The van der Waals surface area contributed by atoms with Crippen molar-refractivity contribution in [2.75, 3.05) is 19.6 Å². The predicted octanol–water partition coefficient (Wildman–Crippen LogP) is 2.20. The van der Waals surface area contributed by atoms with Crippen LogP contribution in [0.2, 0.25) is 5.02 Å². The maximum atomic E-state index is 11.6. The van der Waals surface area contributed by atoms with Crippen molar-refractivity contribution in [2.24, 2.45) is 0 Å². The van der Waals surface area contributed by atoms with Gasteiger partial charge in [0, 0.05) is 24.7 Å². The summed E-state index contributed by atoms with van der Waals surface area (Å²) in [4.78, 5) is 23.1. The third-order valence-corrected chi connectivity index (χ3v) is 3.31. The van der Waals surface area contributed by atoms with Gasteiger partial charge in [-0.2, -0.15) is 0 Å². The Balaban J connectivity index is 1.55. The Hall–Kier alpha value is -2.47. The molecule has 23 heavy (non-hydrogen) atoms. The lowest BCUT2D eigenvalue weighted by molar-refractivity contribution is 0.0926. The number of nitrogens with one attached hydrogen (secondary N) is 3. The number of urea groups is 1.